The molecular weight excluding hydrogens is 696 g/mol. The van der Waals surface area contributed by atoms with Crippen molar-refractivity contribution in [2.75, 3.05) is 0 Å². The second kappa shape index (κ2) is 7.50. The molecule has 0 amide bonds. The van der Waals surface area contributed by atoms with Crippen molar-refractivity contribution in [2.24, 2.45) is 0 Å². The van der Waals surface area contributed by atoms with Gasteiger partial charge in [-0.05, 0) is 71.9 Å². The maximum atomic E-state index is 4.02. The first kappa shape index (κ1) is 19.4. The van der Waals surface area contributed by atoms with Crippen LogP contribution in [-0.4, -0.2) is 0 Å². The lowest BCUT2D eigenvalue weighted by atomic mass is 9.72. The van der Waals surface area contributed by atoms with E-state index in [1.165, 1.54) is 38.5 Å². The molecule has 0 aliphatic heterocycles. The molecule has 0 heterocycles. The highest BCUT2D eigenvalue weighted by Crippen LogP contribution is 2.61. The minimum absolute atomic E-state index is 0.466. The average molecular weight is 714 g/mol. The summed E-state index contributed by atoms with van der Waals surface area (Å²) in [6.45, 7) is 0. The van der Waals surface area contributed by atoms with E-state index in [-0.39, 0.29) is 0 Å². The first-order valence-electron chi connectivity index (χ1n) is 8.49. The van der Waals surface area contributed by atoms with Crippen LogP contribution in [0.15, 0.2) is 0 Å². The summed E-state index contributed by atoms with van der Waals surface area (Å²) in [6.07, 6.45) is 7.20. The topological polar surface area (TPSA) is 0 Å². The zero-order valence-electron chi connectivity index (χ0n) is 13.0. The van der Waals surface area contributed by atoms with Crippen molar-refractivity contribution in [3.8, 4) is 0 Å². The Morgan fingerprint density at radius 3 is 0.583 bits per heavy atom. The molecule has 4 rings (SSSR count). The molecule has 6 atom stereocenters. The summed E-state index contributed by atoms with van der Waals surface area (Å²) in [4.78, 5) is 2.80. The van der Waals surface area contributed by atoms with Crippen LogP contribution in [0, 0.1) is 0 Å². The summed E-state index contributed by atoms with van der Waals surface area (Å²) in [6, 6.07) is 0. The second-order valence-electron chi connectivity index (χ2n) is 7.02. The Morgan fingerprint density at radius 2 is 0.458 bits per heavy atom. The predicted molar refractivity (Wildman–Crippen MR) is 124 cm³/mol. The molecule has 132 valence electrons. The SMILES string of the molecule is Br[C@H]1CC[C@H](Br)c2c1c1c(c3c2[C@@H](Br)CC[C@@H]3Br)[C@@H](Br)CC[C@@H]1Br. The van der Waals surface area contributed by atoms with Crippen molar-refractivity contribution in [2.45, 2.75) is 67.5 Å². The van der Waals surface area contributed by atoms with E-state index in [1.807, 2.05) is 0 Å². The normalized spacial score (nSPS) is 38.2. The number of fused-ring (bicyclic) bond motifs is 6. The molecule has 0 fully saturated rings. The standard InChI is InChI=1S/C18H18Br6/c19-7-1-2-8(20)14-13(7)15-9(21)3-4-11(23)17(15)18-12(24)6-5-10(22)16(14)18/h7-12H,1-6H2/t7-,8-,9-,10-,11-,12-/m0/s1. The highest BCUT2D eigenvalue weighted by atomic mass is 79.9. The summed E-state index contributed by atoms with van der Waals surface area (Å²) < 4.78 is 0. The fourth-order valence-corrected chi connectivity index (χ4v) is 9.18. The molecule has 1 aromatic carbocycles. The van der Waals surface area contributed by atoms with Crippen molar-refractivity contribution >= 4 is 95.6 Å². The van der Waals surface area contributed by atoms with E-state index in [1.54, 1.807) is 33.4 Å². The van der Waals surface area contributed by atoms with Crippen molar-refractivity contribution in [3.63, 3.8) is 0 Å². The number of rotatable bonds is 0. The number of hydrogen-bond acceptors (Lipinski definition) is 0. The third kappa shape index (κ3) is 3.03. The fourth-order valence-electron chi connectivity index (χ4n) is 4.64. The molecule has 24 heavy (non-hydrogen) atoms. The molecule has 1 aromatic rings. The quantitative estimate of drug-likeness (QED) is 0.235. The van der Waals surface area contributed by atoms with Crippen LogP contribution < -0.4 is 0 Å². The average Bonchev–Trinajstić information content (AvgIpc) is 2.56. The van der Waals surface area contributed by atoms with Gasteiger partial charge >= 0.3 is 0 Å². The van der Waals surface area contributed by atoms with Crippen LogP contribution in [0.1, 0.15) is 101 Å². The van der Waals surface area contributed by atoms with E-state index >= 15 is 0 Å². The molecule has 0 saturated carbocycles. The van der Waals surface area contributed by atoms with Gasteiger partial charge in [-0.3, -0.25) is 0 Å². The lowest BCUT2D eigenvalue weighted by Gasteiger charge is -2.42. The first-order valence-corrected chi connectivity index (χ1v) is 14.0. The van der Waals surface area contributed by atoms with E-state index < -0.39 is 0 Å². The van der Waals surface area contributed by atoms with Gasteiger partial charge in [0.15, 0.2) is 0 Å². The molecule has 0 aromatic heterocycles. The lowest BCUT2D eigenvalue weighted by molar-refractivity contribution is 0.591. The van der Waals surface area contributed by atoms with E-state index in [4.69, 9.17) is 0 Å². The van der Waals surface area contributed by atoms with Crippen molar-refractivity contribution < 1.29 is 0 Å². The van der Waals surface area contributed by atoms with Crippen LogP contribution in [-0.2, 0) is 0 Å². The maximum Gasteiger partial charge on any atom is 0.0402 e. The van der Waals surface area contributed by atoms with Crippen LogP contribution in [0.4, 0.5) is 0 Å². The van der Waals surface area contributed by atoms with E-state index in [9.17, 15) is 0 Å². The van der Waals surface area contributed by atoms with E-state index in [2.05, 4.69) is 95.6 Å². The van der Waals surface area contributed by atoms with Gasteiger partial charge in [0.25, 0.3) is 0 Å². The van der Waals surface area contributed by atoms with Crippen LogP contribution in [0.25, 0.3) is 0 Å². The number of benzene rings is 1. The van der Waals surface area contributed by atoms with Gasteiger partial charge in [-0.25, -0.2) is 0 Å². The van der Waals surface area contributed by atoms with Crippen LogP contribution >= 0.6 is 95.6 Å². The second-order valence-corrected chi connectivity index (χ2v) is 13.7. The minimum Gasteiger partial charge on any atom is -0.0839 e. The van der Waals surface area contributed by atoms with Crippen molar-refractivity contribution in [1.29, 1.82) is 0 Å². The Balaban J connectivity index is 2.13. The summed E-state index contributed by atoms with van der Waals surface area (Å²) in [5.41, 5.74) is 9.38. The highest BCUT2D eigenvalue weighted by molar-refractivity contribution is 9.10. The molecule has 0 bridgehead atoms. The van der Waals surface area contributed by atoms with Gasteiger partial charge in [0.2, 0.25) is 0 Å². The number of alkyl halides is 6. The monoisotopic (exact) mass is 708 g/mol. The largest absolute Gasteiger partial charge is 0.0839 e. The molecule has 6 heteroatoms. The van der Waals surface area contributed by atoms with Crippen molar-refractivity contribution in [3.05, 3.63) is 33.4 Å². The molecule has 3 aliphatic rings. The maximum absolute atomic E-state index is 4.02. The number of halogens is 6. The molecule has 0 saturated heterocycles. The summed E-state index contributed by atoms with van der Waals surface area (Å²) in [7, 11) is 0. The molecule has 0 nitrogen and oxygen atoms in total. The third-order valence-electron chi connectivity index (χ3n) is 5.64. The summed E-state index contributed by atoms with van der Waals surface area (Å²) in [5, 5.41) is 0. The zero-order valence-corrected chi connectivity index (χ0v) is 22.5. The fraction of sp³-hybridized carbons (Fsp3) is 0.667. The number of hydrogen-bond donors (Lipinski definition) is 0. The molecule has 0 spiro atoms. The Labute approximate surface area is 194 Å². The Kier molecular flexibility index (Phi) is 6.06. The zero-order chi connectivity index (χ0) is 17.2. The molecule has 3 aliphatic carbocycles. The summed E-state index contributed by atoms with van der Waals surface area (Å²) in [5.74, 6) is 0. The van der Waals surface area contributed by atoms with Gasteiger partial charge in [0.05, 0.1) is 0 Å². The first-order chi connectivity index (χ1) is 11.4. The molecule has 0 N–H and O–H groups in total. The van der Waals surface area contributed by atoms with Gasteiger partial charge < -0.3 is 0 Å². The van der Waals surface area contributed by atoms with E-state index in [0.717, 1.165) is 0 Å². The third-order valence-corrected chi connectivity index (χ3v) is 11.1. The van der Waals surface area contributed by atoms with Gasteiger partial charge in [0, 0.05) is 29.0 Å². The van der Waals surface area contributed by atoms with Gasteiger partial charge in [0.1, 0.15) is 0 Å². The minimum atomic E-state index is 0.466. The lowest BCUT2D eigenvalue weighted by Crippen LogP contribution is -2.25. The molecule has 0 radical (unpaired) electrons. The van der Waals surface area contributed by atoms with Gasteiger partial charge in [-0.15, -0.1) is 0 Å². The van der Waals surface area contributed by atoms with Crippen LogP contribution in [0.5, 0.6) is 0 Å². The van der Waals surface area contributed by atoms with Crippen LogP contribution in [0.2, 0.25) is 0 Å². The Morgan fingerprint density at radius 1 is 0.333 bits per heavy atom. The van der Waals surface area contributed by atoms with E-state index in [0.29, 0.717) is 29.0 Å². The molecule has 0 unspecified atom stereocenters. The molecular formula is C18H18Br6. The van der Waals surface area contributed by atoms with Crippen LogP contribution in [0.3, 0.4) is 0 Å². The smallest absolute Gasteiger partial charge is 0.0402 e. The highest BCUT2D eigenvalue weighted by Gasteiger charge is 2.42. The van der Waals surface area contributed by atoms with Gasteiger partial charge in [-0.2, -0.15) is 0 Å². The summed E-state index contributed by atoms with van der Waals surface area (Å²) >= 11 is 24.1. The van der Waals surface area contributed by atoms with Crippen molar-refractivity contribution in [1.82, 2.24) is 0 Å². The van der Waals surface area contributed by atoms with Gasteiger partial charge in [-0.1, -0.05) is 95.6 Å². The Hall–Kier alpha value is 2.10. The predicted octanol–water partition coefficient (Wildman–Crippen LogP) is 9.68. The Bertz CT molecular complexity index is 505.